The number of anilines is 3. The van der Waals surface area contributed by atoms with E-state index in [4.69, 9.17) is 15.2 Å². The molecule has 0 aromatic heterocycles. The fourth-order valence-electron chi connectivity index (χ4n) is 3.84. The van der Waals surface area contributed by atoms with Gasteiger partial charge in [0.25, 0.3) is 0 Å². The molecule has 186 valence electrons. The van der Waals surface area contributed by atoms with Crippen molar-refractivity contribution >= 4 is 34.1 Å². The van der Waals surface area contributed by atoms with Crippen molar-refractivity contribution in [3.8, 4) is 11.5 Å². The molecule has 35 heavy (non-hydrogen) atoms. The van der Waals surface area contributed by atoms with Crippen molar-refractivity contribution in [2.24, 2.45) is 0 Å². The summed E-state index contributed by atoms with van der Waals surface area (Å²) in [7, 11) is 3.26. The van der Waals surface area contributed by atoms with Crippen LogP contribution in [0.15, 0.2) is 59.5 Å². The van der Waals surface area contributed by atoms with Crippen LogP contribution in [0.3, 0.4) is 0 Å². The van der Waals surface area contributed by atoms with E-state index in [1.807, 2.05) is 25.1 Å². The highest BCUT2D eigenvalue weighted by Gasteiger charge is 2.22. The number of hydrogen-bond donors (Lipinski definition) is 4. The summed E-state index contributed by atoms with van der Waals surface area (Å²) < 4.78 is 33.9. The zero-order valence-corrected chi connectivity index (χ0v) is 20.5. The Morgan fingerprint density at radius 2 is 1.89 bits per heavy atom. The van der Waals surface area contributed by atoms with E-state index in [-0.39, 0.29) is 23.8 Å². The SMILES string of the molecule is CNc1c(N)cc(C(CC(=O)O)c2ccc(C)c(NCOc3ccccc3S(=O)[O-])c2)cc1OC. The number of hydrogen-bond acceptors (Lipinski definition) is 8. The summed E-state index contributed by atoms with van der Waals surface area (Å²) in [6.45, 7) is 1.92. The largest absolute Gasteiger partial charge is 0.768 e. The fraction of sp³-hybridized carbons (Fsp3) is 0.240. The summed E-state index contributed by atoms with van der Waals surface area (Å²) in [5.74, 6) is -0.685. The monoisotopic (exact) mass is 498 g/mol. The Balaban J connectivity index is 1.90. The number of carboxylic acids is 1. The third-order valence-electron chi connectivity index (χ3n) is 5.59. The number of nitrogens with two attached hydrogens (primary N) is 1. The lowest BCUT2D eigenvalue weighted by Gasteiger charge is -2.21. The molecule has 0 saturated heterocycles. The minimum Gasteiger partial charge on any atom is -0.768 e. The van der Waals surface area contributed by atoms with E-state index >= 15 is 0 Å². The first-order chi connectivity index (χ1) is 16.7. The first-order valence-corrected chi connectivity index (χ1v) is 11.8. The molecule has 10 heteroatoms. The van der Waals surface area contributed by atoms with E-state index in [0.29, 0.717) is 22.7 Å². The van der Waals surface area contributed by atoms with Crippen molar-refractivity contribution in [3.05, 3.63) is 71.3 Å². The van der Waals surface area contributed by atoms with Gasteiger partial charge in [-0.25, -0.2) is 0 Å². The molecule has 5 N–H and O–H groups in total. The summed E-state index contributed by atoms with van der Waals surface area (Å²) in [5, 5.41) is 15.8. The minimum absolute atomic E-state index is 0.0136. The third kappa shape index (κ3) is 6.23. The molecular formula is C25H28N3O6S-. The van der Waals surface area contributed by atoms with Crippen molar-refractivity contribution in [2.45, 2.75) is 24.2 Å². The molecule has 0 heterocycles. The molecule has 0 aliphatic carbocycles. The average molecular weight is 499 g/mol. The molecule has 3 aromatic rings. The minimum atomic E-state index is -2.42. The van der Waals surface area contributed by atoms with Crippen LogP contribution < -0.4 is 25.8 Å². The number of aryl methyl sites for hydroxylation is 1. The summed E-state index contributed by atoms with van der Waals surface area (Å²) in [5.41, 5.74) is 10.4. The molecule has 3 aromatic carbocycles. The predicted octanol–water partition coefficient (Wildman–Crippen LogP) is 3.92. The lowest BCUT2D eigenvalue weighted by molar-refractivity contribution is -0.137. The molecule has 0 aliphatic heterocycles. The molecule has 0 aliphatic rings. The molecule has 0 fully saturated rings. The highest BCUT2D eigenvalue weighted by atomic mass is 32.2. The van der Waals surface area contributed by atoms with Gasteiger partial charge < -0.3 is 35.5 Å². The van der Waals surface area contributed by atoms with Crippen LogP contribution in [0.4, 0.5) is 17.1 Å². The van der Waals surface area contributed by atoms with Gasteiger partial charge in [0, 0.05) is 18.7 Å². The van der Waals surface area contributed by atoms with Gasteiger partial charge in [-0.1, -0.05) is 24.3 Å². The van der Waals surface area contributed by atoms with Crippen LogP contribution in [0.2, 0.25) is 0 Å². The van der Waals surface area contributed by atoms with Crippen LogP contribution in [0.1, 0.15) is 29.0 Å². The van der Waals surface area contributed by atoms with Crippen LogP contribution in [0.5, 0.6) is 11.5 Å². The molecule has 0 spiro atoms. The summed E-state index contributed by atoms with van der Waals surface area (Å²) in [6, 6.07) is 15.5. The second-order valence-electron chi connectivity index (χ2n) is 7.81. The van der Waals surface area contributed by atoms with Crippen molar-refractivity contribution in [2.75, 3.05) is 37.3 Å². The Morgan fingerprint density at radius 1 is 1.14 bits per heavy atom. The number of carbonyl (C=O) groups is 1. The van der Waals surface area contributed by atoms with Crippen LogP contribution in [0.25, 0.3) is 0 Å². The maximum atomic E-state index is 11.7. The summed E-state index contributed by atoms with van der Waals surface area (Å²) in [4.78, 5) is 11.8. The maximum Gasteiger partial charge on any atom is 0.304 e. The number of ether oxygens (including phenoxy) is 2. The highest BCUT2D eigenvalue weighted by Crippen LogP contribution is 2.38. The van der Waals surface area contributed by atoms with Gasteiger partial charge in [0.05, 0.1) is 29.8 Å². The van der Waals surface area contributed by atoms with E-state index in [0.717, 1.165) is 16.8 Å². The number of carboxylic acid groups (broad SMARTS) is 1. The molecule has 3 rings (SSSR count). The van der Waals surface area contributed by atoms with Gasteiger partial charge in [0.15, 0.2) is 6.73 Å². The first kappa shape index (κ1) is 25.9. The van der Waals surface area contributed by atoms with Gasteiger partial charge >= 0.3 is 5.97 Å². The van der Waals surface area contributed by atoms with Crippen LogP contribution in [0, 0.1) is 6.92 Å². The quantitative estimate of drug-likeness (QED) is 0.175. The average Bonchev–Trinajstić information content (AvgIpc) is 2.83. The normalized spacial score (nSPS) is 12.5. The van der Waals surface area contributed by atoms with Crippen LogP contribution >= 0.6 is 0 Å². The number of aliphatic carboxylic acids is 1. The fourth-order valence-corrected chi connectivity index (χ4v) is 4.32. The lowest BCUT2D eigenvalue weighted by Crippen LogP contribution is -2.13. The van der Waals surface area contributed by atoms with Gasteiger partial charge in [0.1, 0.15) is 11.5 Å². The van der Waals surface area contributed by atoms with Crippen molar-refractivity contribution in [1.29, 1.82) is 0 Å². The summed E-state index contributed by atoms with van der Waals surface area (Å²) in [6.07, 6.45) is -0.150. The van der Waals surface area contributed by atoms with Crippen LogP contribution in [-0.4, -0.2) is 40.7 Å². The Hall–Kier alpha value is -3.76. The van der Waals surface area contributed by atoms with E-state index in [1.165, 1.54) is 13.2 Å². The van der Waals surface area contributed by atoms with E-state index in [1.54, 1.807) is 37.4 Å². The zero-order valence-electron chi connectivity index (χ0n) is 19.7. The van der Waals surface area contributed by atoms with Crippen molar-refractivity contribution in [3.63, 3.8) is 0 Å². The number of nitrogens with one attached hydrogen (secondary N) is 2. The topological polar surface area (TPSA) is 146 Å². The Morgan fingerprint density at radius 3 is 2.54 bits per heavy atom. The molecule has 9 nitrogen and oxygen atoms in total. The van der Waals surface area contributed by atoms with Gasteiger partial charge in [-0.15, -0.1) is 0 Å². The lowest BCUT2D eigenvalue weighted by atomic mass is 9.87. The Kier molecular flexibility index (Phi) is 8.56. The number of nitrogen functional groups attached to an aromatic ring is 1. The molecule has 0 bridgehead atoms. The van der Waals surface area contributed by atoms with E-state index < -0.39 is 23.0 Å². The number of benzene rings is 3. The third-order valence-corrected chi connectivity index (χ3v) is 6.29. The van der Waals surface area contributed by atoms with Gasteiger partial charge in [-0.2, -0.15) is 0 Å². The Bertz CT molecular complexity index is 1230. The zero-order chi connectivity index (χ0) is 25.5. The van der Waals surface area contributed by atoms with Crippen molar-refractivity contribution in [1.82, 2.24) is 0 Å². The van der Waals surface area contributed by atoms with Crippen molar-refractivity contribution < 1.29 is 28.1 Å². The van der Waals surface area contributed by atoms with E-state index in [2.05, 4.69) is 10.6 Å². The molecule has 0 saturated carbocycles. The van der Waals surface area contributed by atoms with Crippen LogP contribution in [-0.2, 0) is 15.9 Å². The second kappa shape index (κ2) is 11.6. The molecule has 2 atom stereocenters. The number of rotatable bonds is 11. The molecule has 0 amide bonds. The van der Waals surface area contributed by atoms with Gasteiger partial charge in [0.2, 0.25) is 0 Å². The highest BCUT2D eigenvalue weighted by molar-refractivity contribution is 7.79. The van der Waals surface area contributed by atoms with E-state index in [9.17, 15) is 18.7 Å². The predicted molar refractivity (Wildman–Crippen MR) is 135 cm³/mol. The molecular weight excluding hydrogens is 470 g/mol. The molecule has 2 unspecified atom stereocenters. The maximum absolute atomic E-state index is 11.7. The number of para-hydroxylation sites is 1. The molecule has 0 radical (unpaired) electrons. The summed E-state index contributed by atoms with van der Waals surface area (Å²) >= 11 is -2.42. The second-order valence-corrected chi connectivity index (χ2v) is 8.72. The smallest absolute Gasteiger partial charge is 0.304 e. The number of methoxy groups -OCH3 is 1. The standard InChI is InChI=1S/C25H29N3O6S/c1-15-8-9-16(11-20(15)28-14-34-21-6-4-5-7-23(21)35(31)32)18(13-24(29)30)17-10-19(26)25(27-2)22(12-17)33-3/h4-12,18,27-28H,13-14,26H2,1-3H3,(H,29,30)(H,31,32)/p-1. The first-order valence-electron chi connectivity index (χ1n) is 10.8. The van der Waals surface area contributed by atoms with Gasteiger partial charge in [-0.05, 0) is 65.0 Å². The van der Waals surface area contributed by atoms with Gasteiger partial charge in [-0.3, -0.25) is 9.00 Å². The Labute approximate surface area is 206 Å².